The summed E-state index contributed by atoms with van der Waals surface area (Å²) in [7, 11) is 0. The Balaban J connectivity index is 1.42. The largest absolute Gasteiger partial charge is 0.494 e. The third-order valence-electron chi connectivity index (χ3n) is 7.58. The number of amides is 1. The summed E-state index contributed by atoms with van der Waals surface area (Å²) in [5.74, 6) is 1.86. The second-order valence-electron chi connectivity index (χ2n) is 10.3. The third kappa shape index (κ3) is 4.52. The van der Waals surface area contributed by atoms with Gasteiger partial charge in [0.25, 0.3) is 5.91 Å². The summed E-state index contributed by atoms with van der Waals surface area (Å²) in [6, 6.07) is 16.4. The SMILES string of the molecule is CCCCCOc1ccc(C2c3c(oc4cc(C)c(C)cc4c3=O)C(=O)N2Cc2ccc3c(c2)OCO3)cc1. The lowest BCUT2D eigenvalue weighted by atomic mass is 9.97. The number of benzene rings is 3. The van der Waals surface area contributed by atoms with Crippen molar-refractivity contribution in [2.75, 3.05) is 13.4 Å². The van der Waals surface area contributed by atoms with Crippen LogP contribution in [0.4, 0.5) is 0 Å². The molecule has 1 atom stereocenters. The minimum atomic E-state index is -0.602. The summed E-state index contributed by atoms with van der Waals surface area (Å²) in [6.07, 6.45) is 3.25. The number of carbonyl (C=O) groups is 1. The molecule has 39 heavy (non-hydrogen) atoms. The van der Waals surface area contributed by atoms with Gasteiger partial charge in [0.05, 0.1) is 23.6 Å². The highest BCUT2D eigenvalue weighted by molar-refractivity contribution is 5.99. The van der Waals surface area contributed by atoms with Crippen LogP contribution in [0.2, 0.25) is 0 Å². The lowest BCUT2D eigenvalue weighted by Crippen LogP contribution is -2.29. The summed E-state index contributed by atoms with van der Waals surface area (Å²) >= 11 is 0. The monoisotopic (exact) mass is 525 g/mol. The Morgan fingerprint density at radius 1 is 0.923 bits per heavy atom. The number of hydrogen-bond acceptors (Lipinski definition) is 6. The molecule has 0 bridgehead atoms. The van der Waals surface area contributed by atoms with Gasteiger partial charge in [-0.15, -0.1) is 0 Å². The molecule has 3 aromatic carbocycles. The topological polar surface area (TPSA) is 78.2 Å². The van der Waals surface area contributed by atoms with Crippen LogP contribution in [-0.4, -0.2) is 24.2 Å². The first-order chi connectivity index (χ1) is 18.9. The molecule has 0 aliphatic carbocycles. The highest BCUT2D eigenvalue weighted by Gasteiger charge is 2.43. The molecule has 7 heteroatoms. The molecule has 3 heterocycles. The molecule has 0 radical (unpaired) electrons. The van der Waals surface area contributed by atoms with Gasteiger partial charge in [-0.1, -0.05) is 38.0 Å². The van der Waals surface area contributed by atoms with Crippen molar-refractivity contribution < 1.29 is 23.4 Å². The van der Waals surface area contributed by atoms with Gasteiger partial charge in [0.1, 0.15) is 11.3 Å². The van der Waals surface area contributed by atoms with Crippen LogP contribution in [-0.2, 0) is 6.54 Å². The molecule has 200 valence electrons. The number of rotatable bonds is 8. The molecule has 1 amide bonds. The lowest BCUT2D eigenvalue weighted by molar-refractivity contribution is 0.0714. The fraction of sp³-hybridized carbons (Fsp3) is 0.312. The number of carbonyl (C=O) groups excluding carboxylic acids is 1. The van der Waals surface area contributed by atoms with Gasteiger partial charge in [-0.05, 0) is 78.9 Å². The molecule has 2 aliphatic rings. The number of ether oxygens (including phenoxy) is 3. The van der Waals surface area contributed by atoms with Crippen LogP contribution in [0.3, 0.4) is 0 Å². The lowest BCUT2D eigenvalue weighted by Gasteiger charge is -2.25. The predicted octanol–water partition coefficient (Wildman–Crippen LogP) is 6.45. The Morgan fingerprint density at radius 3 is 2.49 bits per heavy atom. The highest BCUT2D eigenvalue weighted by atomic mass is 16.7. The number of fused-ring (bicyclic) bond motifs is 3. The minimum absolute atomic E-state index is 0.0985. The van der Waals surface area contributed by atoms with Crippen molar-refractivity contribution in [3.05, 3.63) is 98.4 Å². The number of unbranched alkanes of at least 4 members (excludes halogenated alkanes) is 2. The van der Waals surface area contributed by atoms with Crippen molar-refractivity contribution in [1.82, 2.24) is 4.90 Å². The van der Waals surface area contributed by atoms with Crippen LogP contribution >= 0.6 is 0 Å². The van der Waals surface area contributed by atoms with Crippen molar-refractivity contribution in [2.45, 2.75) is 52.6 Å². The maximum Gasteiger partial charge on any atom is 0.291 e. The standard InChI is InChI=1S/C32H31NO6/c1-4-5-6-13-36-23-10-8-22(9-11-23)29-28-30(34)24-14-19(2)20(3)15-26(24)39-31(28)32(35)33(29)17-21-7-12-25-27(16-21)38-18-37-25/h7-12,14-16,29H,4-6,13,17-18H2,1-3H3. The normalized spacial score (nSPS) is 15.7. The second-order valence-corrected chi connectivity index (χ2v) is 10.3. The maximum atomic E-state index is 13.9. The van der Waals surface area contributed by atoms with Gasteiger partial charge in [0, 0.05) is 6.54 Å². The summed E-state index contributed by atoms with van der Waals surface area (Å²) in [5, 5.41) is 0.482. The smallest absolute Gasteiger partial charge is 0.291 e. The predicted molar refractivity (Wildman–Crippen MR) is 148 cm³/mol. The van der Waals surface area contributed by atoms with E-state index in [0.717, 1.165) is 47.3 Å². The van der Waals surface area contributed by atoms with E-state index in [4.69, 9.17) is 18.6 Å². The van der Waals surface area contributed by atoms with Crippen LogP contribution < -0.4 is 19.6 Å². The zero-order valence-electron chi connectivity index (χ0n) is 22.4. The molecule has 0 spiro atoms. The molecule has 0 saturated heterocycles. The van der Waals surface area contributed by atoms with Gasteiger partial charge < -0.3 is 23.5 Å². The Morgan fingerprint density at radius 2 is 1.69 bits per heavy atom. The van der Waals surface area contributed by atoms with Gasteiger partial charge in [0.15, 0.2) is 16.9 Å². The van der Waals surface area contributed by atoms with E-state index < -0.39 is 6.04 Å². The molecule has 0 N–H and O–H groups in total. The molecule has 6 rings (SSSR count). The number of aryl methyl sites for hydroxylation is 2. The Bertz CT molecular complexity index is 1620. The summed E-state index contributed by atoms with van der Waals surface area (Å²) in [5.41, 5.74) is 4.30. The summed E-state index contributed by atoms with van der Waals surface area (Å²) in [6.45, 7) is 7.19. The quantitative estimate of drug-likeness (QED) is 0.246. The van der Waals surface area contributed by atoms with Crippen LogP contribution in [0.5, 0.6) is 17.2 Å². The fourth-order valence-electron chi connectivity index (χ4n) is 5.31. The van der Waals surface area contributed by atoms with E-state index >= 15 is 0 Å². The summed E-state index contributed by atoms with van der Waals surface area (Å²) < 4.78 is 23.1. The second kappa shape index (κ2) is 10.1. The molecular formula is C32H31NO6. The molecular weight excluding hydrogens is 494 g/mol. The molecule has 2 aliphatic heterocycles. The van der Waals surface area contributed by atoms with Crippen molar-refractivity contribution >= 4 is 16.9 Å². The first-order valence-electron chi connectivity index (χ1n) is 13.4. The number of hydrogen-bond donors (Lipinski definition) is 0. The fourth-order valence-corrected chi connectivity index (χ4v) is 5.31. The average molecular weight is 526 g/mol. The Hall–Kier alpha value is -4.26. The van der Waals surface area contributed by atoms with E-state index in [1.165, 1.54) is 0 Å². The van der Waals surface area contributed by atoms with Crippen LogP contribution in [0.1, 0.15) is 70.6 Å². The van der Waals surface area contributed by atoms with Gasteiger partial charge in [-0.3, -0.25) is 9.59 Å². The van der Waals surface area contributed by atoms with Gasteiger partial charge in [-0.2, -0.15) is 0 Å². The van der Waals surface area contributed by atoms with Gasteiger partial charge in [-0.25, -0.2) is 0 Å². The molecule has 1 unspecified atom stereocenters. The van der Waals surface area contributed by atoms with Crippen molar-refractivity contribution in [1.29, 1.82) is 0 Å². The van der Waals surface area contributed by atoms with Crippen molar-refractivity contribution in [3.63, 3.8) is 0 Å². The Labute approximate surface area is 226 Å². The first-order valence-corrected chi connectivity index (χ1v) is 13.4. The Kier molecular flexibility index (Phi) is 6.51. The molecule has 1 aromatic heterocycles. The van der Waals surface area contributed by atoms with E-state index in [2.05, 4.69) is 6.92 Å². The average Bonchev–Trinajstić information content (AvgIpc) is 3.51. The van der Waals surface area contributed by atoms with Crippen LogP contribution in [0.25, 0.3) is 11.0 Å². The van der Waals surface area contributed by atoms with E-state index in [1.807, 2.05) is 68.4 Å². The van der Waals surface area contributed by atoms with Crippen LogP contribution in [0, 0.1) is 13.8 Å². The molecule has 0 fully saturated rings. The van der Waals surface area contributed by atoms with E-state index in [-0.39, 0.29) is 30.4 Å². The highest BCUT2D eigenvalue weighted by Crippen LogP contribution is 2.41. The van der Waals surface area contributed by atoms with Crippen molar-refractivity contribution in [3.8, 4) is 17.2 Å². The number of nitrogens with zero attached hydrogens (tertiary/aromatic N) is 1. The maximum absolute atomic E-state index is 13.9. The third-order valence-corrected chi connectivity index (χ3v) is 7.58. The van der Waals surface area contributed by atoms with Gasteiger partial charge >= 0.3 is 0 Å². The molecule has 4 aromatic rings. The van der Waals surface area contributed by atoms with E-state index in [9.17, 15) is 9.59 Å². The zero-order chi connectivity index (χ0) is 27.1. The zero-order valence-corrected chi connectivity index (χ0v) is 22.4. The minimum Gasteiger partial charge on any atom is -0.494 e. The van der Waals surface area contributed by atoms with E-state index in [1.54, 1.807) is 4.90 Å². The van der Waals surface area contributed by atoms with Crippen molar-refractivity contribution in [2.24, 2.45) is 0 Å². The van der Waals surface area contributed by atoms with E-state index in [0.29, 0.717) is 34.6 Å². The molecule has 7 nitrogen and oxygen atoms in total. The molecule has 0 saturated carbocycles. The summed E-state index contributed by atoms with van der Waals surface area (Å²) in [4.78, 5) is 29.5. The first kappa shape index (κ1) is 25.0. The van der Waals surface area contributed by atoms with Gasteiger partial charge in [0.2, 0.25) is 12.6 Å². The van der Waals surface area contributed by atoms with Crippen LogP contribution in [0.15, 0.2) is 63.8 Å².